The molecule has 0 radical (unpaired) electrons. The Kier molecular flexibility index (Phi) is 3.03. The Morgan fingerprint density at radius 2 is 2.25 bits per heavy atom. The second-order valence-electron chi connectivity index (χ2n) is 4.51. The molecule has 16 heavy (non-hydrogen) atoms. The van der Waals surface area contributed by atoms with Crippen LogP contribution in [0.5, 0.6) is 0 Å². The van der Waals surface area contributed by atoms with Gasteiger partial charge in [0.05, 0.1) is 12.5 Å². The highest BCUT2D eigenvalue weighted by Crippen LogP contribution is 2.26. The smallest absolute Gasteiger partial charge is 0.260 e. The zero-order valence-corrected chi connectivity index (χ0v) is 10.4. The third-order valence-corrected chi connectivity index (χ3v) is 5.08. The van der Waals surface area contributed by atoms with Gasteiger partial charge >= 0.3 is 0 Å². The summed E-state index contributed by atoms with van der Waals surface area (Å²) >= 11 is 0. The van der Waals surface area contributed by atoms with E-state index in [1.807, 2.05) is 6.92 Å². The van der Waals surface area contributed by atoms with E-state index in [4.69, 9.17) is 0 Å². The molecule has 1 aromatic rings. The number of aromatic amines is 1. The zero-order valence-electron chi connectivity index (χ0n) is 9.55. The molecule has 90 valence electrons. The van der Waals surface area contributed by atoms with Gasteiger partial charge in [-0.05, 0) is 25.7 Å². The average Bonchev–Trinajstić information content (AvgIpc) is 2.69. The third kappa shape index (κ3) is 1.99. The molecule has 2 rings (SSSR count). The third-order valence-electron chi connectivity index (χ3n) is 3.14. The summed E-state index contributed by atoms with van der Waals surface area (Å²) in [5.41, 5.74) is 0. The minimum atomic E-state index is -3.38. The average molecular weight is 243 g/mol. The van der Waals surface area contributed by atoms with Crippen LogP contribution < -0.4 is 0 Å². The molecule has 1 aliphatic heterocycles. The zero-order chi connectivity index (χ0) is 11.8. The van der Waals surface area contributed by atoms with Crippen LogP contribution in [0.2, 0.25) is 0 Å². The van der Waals surface area contributed by atoms with E-state index >= 15 is 0 Å². The number of nitrogens with zero attached hydrogens (tertiary/aromatic N) is 2. The SMILES string of the molecule is CC1CCN(S(=O)(=O)c2cnc[nH]2)C(C)C1. The Balaban J connectivity index is 2.25. The van der Waals surface area contributed by atoms with Gasteiger partial charge in [0.15, 0.2) is 5.03 Å². The van der Waals surface area contributed by atoms with Crippen LogP contribution in [0.1, 0.15) is 26.7 Å². The Hall–Kier alpha value is -0.880. The minimum Gasteiger partial charge on any atom is -0.335 e. The lowest BCUT2D eigenvalue weighted by Crippen LogP contribution is -2.44. The first-order valence-corrected chi connectivity index (χ1v) is 6.96. The van der Waals surface area contributed by atoms with Crippen molar-refractivity contribution in [3.05, 3.63) is 12.5 Å². The highest BCUT2D eigenvalue weighted by Gasteiger charge is 2.33. The normalized spacial score (nSPS) is 28.1. The van der Waals surface area contributed by atoms with E-state index in [9.17, 15) is 8.42 Å². The van der Waals surface area contributed by atoms with Crippen LogP contribution in [0.15, 0.2) is 17.6 Å². The van der Waals surface area contributed by atoms with E-state index in [0.717, 1.165) is 12.8 Å². The van der Waals surface area contributed by atoms with E-state index in [2.05, 4.69) is 16.9 Å². The molecule has 2 heterocycles. The van der Waals surface area contributed by atoms with Gasteiger partial charge in [0, 0.05) is 12.6 Å². The molecule has 0 saturated carbocycles. The molecule has 0 aromatic carbocycles. The van der Waals surface area contributed by atoms with Crippen LogP contribution >= 0.6 is 0 Å². The molecule has 0 amide bonds. The van der Waals surface area contributed by atoms with E-state index in [1.165, 1.54) is 12.5 Å². The number of imidazole rings is 1. The summed E-state index contributed by atoms with van der Waals surface area (Å²) in [6.07, 6.45) is 4.61. The molecule has 1 aliphatic rings. The Morgan fingerprint density at radius 3 is 2.81 bits per heavy atom. The summed E-state index contributed by atoms with van der Waals surface area (Å²) in [7, 11) is -3.38. The van der Waals surface area contributed by atoms with Crippen LogP contribution in [0.4, 0.5) is 0 Å². The number of hydrogen-bond donors (Lipinski definition) is 1. The lowest BCUT2D eigenvalue weighted by Gasteiger charge is -2.34. The van der Waals surface area contributed by atoms with Crippen molar-refractivity contribution in [2.45, 2.75) is 37.8 Å². The van der Waals surface area contributed by atoms with Crippen molar-refractivity contribution < 1.29 is 8.42 Å². The summed E-state index contributed by atoms with van der Waals surface area (Å²) in [5, 5.41) is 0.189. The van der Waals surface area contributed by atoms with Gasteiger partial charge in [0.2, 0.25) is 0 Å². The molecule has 5 nitrogen and oxygen atoms in total. The molecule has 2 atom stereocenters. The molecule has 2 unspecified atom stereocenters. The molecule has 1 saturated heterocycles. The largest absolute Gasteiger partial charge is 0.335 e. The second-order valence-corrected chi connectivity index (χ2v) is 6.37. The Labute approximate surface area is 95.9 Å². The summed E-state index contributed by atoms with van der Waals surface area (Å²) in [6.45, 7) is 4.73. The van der Waals surface area contributed by atoms with Gasteiger partial charge in [-0.3, -0.25) is 0 Å². The van der Waals surface area contributed by atoms with Gasteiger partial charge in [-0.2, -0.15) is 4.31 Å². The van der Waals surface area contributed by atoms with Crippen molar-refractivity contribution in [1.29, 1.82) is 0 Å². The molecule has 1 N–H and O–H groups in total. The number of hydrogen-bond acceptors (Lipinski definition) is 3. The standard InChI is InChI=1S/C10H17N3O2S/c1-8-3-4-13(9(2)5-8)16(14,15)10-6-11-7-12-10/h6-9H,3-5H2,1-2H3,(H,11,12). The number of H-pyrrole nitrogens is 1. The maximum absolute atomic E-state index is 12.2. The van der Waals surface area contributed by atoms with Gasteiger partial charge in [0.25, 0.3) is 10.0 Å². The molecule has 1 fully saturated rings. The van der Waals surface area contributed by atoms with Crippen LogP contribution in [0, 0.1) is 5.92 Å². The van der Waals surface area contributed by atoms with E-state index in [1.54, 1.807) is 4.31 Å². The molecule has 0 spiro atoms. The first-order valence-electron chi connectivity index (χ1n) is 5.52. The number of sulfonamides is 1. The van der Waals surface area contributed by atoms with Crippen molar-refractivity contribution in [3.8, 4) is 0 Å². The van der Waals surface area contributed by atoms with Crippen LogP contribution in [-0.2, 0) is 10.0 Å². The van der Waals surface area contributed by atoms with E-state index in [0.29, 0.717) is 12.5 Å². The molecular formula is C10H17N3O2S. The van der Waals surface area contributed by atoms with Crippen LogP contribution in [0.25, 0.3) is 0 Å². The van der Waals surface area contributed by atoms with Gasteiger partial charge in [0.1, 0.15) is 0 Å². The highest BCUT2D eigenvalue weighted by atomic mass is 32.2. The topological polar surface area (TPSA) is 66.1 Å². The first kappa shape index (κ1) is 11.6. The number of piperidine rings is 1. The molecule has 0 bridgehead atoms. The summed E-state index contributed by atoms with van der Waals surface area (Å²) in [6, 6.07) is 0.0667. The fourth-order valence-corrected chi connectivity index (χ4v) is 3.81. The summed E-state index contributed by atoms with van der Waals surface area (Å²) < 4.78 is 26.0. The molecule has 0 aliphatic carbocycles. The lowest BCUT2D eigenvalue weighted by molar-refractivity contribution is 0.219. The monoisotopic (exact) mass is 243 g/mol. The fourth-order valence-electron chi connectivity index (χ4n) is 2.25. The number of rotatable bonds is 2. The lowest BCUT2D eigenvalue weighted by atomic mass is 9.95. The maximum Gasteiger partial charge on any atom is 0.260 e. The number of nitrogens with one attached hydrogen (secondary N) is 1. The van der Waals surface area contributed by atoms with Crippen LogP contribution in [-0.4, -0.2) is 35.3 Å². The fraction of sp³-hybridized carbons (Fsp3) is 0.700. The van der Waals surface area contributed by atoms with Crippen molar-refractivity contribution >= 4 is 10.0 Å². The molecular weight excluding hydrogens is 226 g/mol. The van der Waals surface area contributed by atoms with Gasteiger partial charge in [-0.25, -0.2) is 13.4 Å². The Bertz CT molecular complexity index is 441. The predicted octanol–water partition coefficient (Wildman–Crippen LogP) is 1.22. The number of aromatic nitrogens is 2. The van der Waals surface area contributed by atoms with E-state index in [-0.39, 0.29) is 11.1 Å². The molecule has 6 heteroatoms. The van der Waals surface area contributed by atoms with Gasteiger partial charge in [-0.15, -0.1) is 0 Å². The summed E-state index contributed by atoms with van der Waals surface area (Å²) in [4.78, 5) is 6.43. The van der Waals surface area contributed by atoms with E-state index < -0.39 is 10.0 Å². The second kappa shape index (κ2) is 4.18. The van der Waals surface area contributed by atoms with Crippen LogP contribution in [0.3, 0.4) is 0 Å². The highest BCUT2D eigenvalue weighted by molar-refractivity contribution is 7.89. The van der Waals surface area contributed by atoms with Gasteiger partial charge in [-0.1, -0.05) is 6.92 Å². The van der Waals surface area contributed by atoms with Crippen molar-refractivity contribution in [3.63, 3.8) is 0 Å². The Morgan fingerprint density at radius 1 is 1.50 bits per heavy atom. The maximum atomic E-state index is 12.2. The van der Waals surface area contributed by atoms with Crippen molar-refractivity contribution in [2.24, 2.45) is 5.92 Å². The van der Waals surface area contributed by atoms with Gasteiger partial charge < -0.3 is 4.98 Å². The summed E-state index contributed by atoms with van der Waals surface area (Å²) in [5.74, 6) is 0.600. The quantitative estimate of drug-likeness (QED) is 0.849. The first-order chi connectivity index (χ1) is 7.51. The minimum absolute atomic E-state index is 0.0667. The predicted molar refractivity (Wildman–Crippen MR) is 60.3 cm³/mol. The van der Waals surface area contributed by atoms with Crippen molar-refractivity contribution in [1.82, 2.24) is 14.3 Å². The molecule has 1 aromatic heterocycles. The van der Waals surface area contributed by atoms with Crippen molar-refractivity contribution in [2.75, 3.05) is 6.54 Å².